The maximum atomic E-state index is 12.9. The molecule has 6 heteroatoms. The van der Waals surface area contributed by atoms with Crippen molar-refractivity contribution in [2.45, 2.75) is 33.2 Å². The first-order valence-corrected chi connectivity index (χ1v) is 10.9. The molecule has 154 valence electrons. The van der Waals surface area contributed by atoms with Gasteiger partial charge in [-0.05, 0) is 55.3 Å². The summed E-state index contributed by atoms with van der Waals surface area (Å²) in [5.74, 6) is 0.899. The molecule has 1 aromatic heterocycles. The van der Waals surface area contributed by atoms with E-state index in [1.165, 1.54) is 0 Å². The number of nitrogens with zero attached hydrogens (tertiary/aromatic N) is 3. The van der Waals surface area contributed by atoms with Crippen molar-refractivity contribution >= 4 is 17.2 Å². The van der Waals surface area contributed by atoms with Crippen molar-refractivity contribution in [2.24, 2.45) is 0 Å². The number of rotatable bonds is 9. The van der Waals surface area contributed by atoms with Crippen LogP contribution in [0.15, 0.2) is 53.9 Å². The summed E-state index contributed by atoms with van der Waals surface area (Å²) in [6.07, 6.45) is 1.17. The van der Waals surface area contributed by atoms with Crippen LogP contribution in [0.1, 0.15) is 37.1 Å². The maximum Gasteiger partial charge on any atom is 0.228 e. The van der Waals surface area contributed by atoms with E-state index in [0.717, 1.165) is 34.0 Å². The number of carbonyl (C=O) groups excluding carboxylic acids is 1. The Hall–Kier alpha value is -3.17. The number of thiazole rings is 1. The molecule has 0 aliphatic carbocycles. The summed E-state index contributed by atoms with van der Waals surface area (Å²) in [6.45, 7) is 5.88. The maximum absolute atomic E-state index is 12.9. The summed E-state index contributed by atoms with van der Waals surface area (Å²) in [7, 11) is 0. The molecule has 3 aromatic rings. The van der Waals surface area contributed by atoms with Crippen LogP contribution in [0.2, 0.25) is 0 Å². The molecule has 1 heterocycles. The number of benzene rings is 2. The largest absolute Gasteiger partial charge is 0.494 e. The molecule has 0 spiro atoms. The van der Waals surface area contributed by atoms with Gasteiger partial charge in [0, 0.05) is 24.0 Å². The van der Waals surface area contributed by atoms with Crippen molar-refractivity contribution in [1.82, 2.24) is 9.88 Å². The molecule has 0 atom stereocenters. The zero-order valence-corrected chi connectivity index (χ0v) is 18.1. The Morgan fingerprint density at radius 2 is 1.87 bits per heavy atom. The standard InChI is InChI=1S/C24H25N3O2S/c1-3-13-27(16-19-7-5-18(15-25)6-8-19)23(28)14-21-17-30-24(26-21)20-9-11-22(12-10-20)29-4-2/h5-12,17H,3-4,13-14,16H2,1-2H3. The fourth-order valence-electron chi connectivity index (χ4n) is 3.11. The Bertz CT molecular complexity index is 1000. The van der Waals surface area contributed by atoms with Crippen molar-refractivity contribution in [3.05, 3.63) is 70.7 Å². The highest BCUT2D eigenvalue weighted by molar-refractivity contribution is 7.13. The summed E-state index contributed by atoms with van der Waals surface area (Å²) in [5.41, 5.74) is 3.44. The summed E-state index contributed by atoms with van der Waals surface area (Å²) in [6, 6.07) is 17.3. The zero-order valence-electron chi connectivity index (χ0n) is 17.3. The van der Waals surface area contributed by atoms with Crippen LogP contribution in [0.25, 0.3) is 10.6 Å². The van der Waals surface area contributed by atoms with Crippen LogP contribution in [0, 0.1) is 11.3 Å². The molecule has 0 aliphatic rings. The van der Waals surface area contributed by atoms with Crippen LogP contribution < -0.4 is 4.74 Å². The highest BCUT2D eigenvalue weighted by Crippen LogP contribution is 2.26. The van der Waals surface area contributed by atoms with Crippen LogP contribution in [0.3, 0.4) is 0 Å². The first-order valence-electron chi connectivity index (χ1n) is 10.1. The van der Waals surface area contributed by atoms with Gasteiger partial charge in [-0.15, -0.1) is 11.3 Å². The highest BCUT2D eigenvalue weighted by Gasteiger charge is 2.16. The Kier molecular flexibility index (Phi) is 7.58. The number of amides is 1. The third-order valence-electron chi connectivity index (χ3n) is 4.60. The van der Waals surface area contributed by atoms with Crippen LogP contribution in [0.4, 0.5) is 0 Å². The van der Waals surface area contributed by atoms with Gasteiger partial charge in [-0.2, -0.15) is 5.26 Å². The summed E-state index contributed by atoms with van der Waals surface area (Å²) in [4.78, 5) is 19.4. The number of nitriles is 1. The Morgan fingerprint density at radius 1 is 1.13 bits per heavy atom. The predicted octanol–water partition coefficient (Wildman–Crippen LogP) is 5.06. The second kappa shape index (κ2) is 10.6. The van der Waals surface area contributed by atoms with E-state index in [9.17, 15) is 4.79 Å². The quantitative estimate of drug-likeness (QED) is 0.486. The van der Waals surface area contributed by atoms with Gasteiger partial charge in [0.15, 0.2) is 0 Å². The number of aromatic nitrogens is 1. The topological polar surface area (TPSA) is 66.2 Å². The van der Waals surface area contributed by atoms with Gasteiger partial charge in [-0.3, -0.25) is 4.79 Å². The van der Waals surface area contributed by atoms with E-state index >= 15 is 0 Å². The fraction of sp³-hybridized carbons (Fsp3) is 0.292. The van der Waals surface area contributed by atoms with Gasteiger partial charge in [0.2, 0.25) is 5.91 Å². The Morgan fingerprint density at radius 3 is 2.50 bits per heavy atom. The smallest absolute Gasteiger partial charge is 0.228 e. The molecule has 0 N–H and O–H groups in total. The molecule has 30 heavy (non-hydrogen) atoms. The lowest BCUT2D eigenvalue weighted by molar-refractivity contribution is -0.131. The van der Waals surface area contributed by atoms with Crippen LogP contribution >= 0.6 is 11.3 Å². The minimum atomic E-state index is 0.0600. The summed E-state index contributed by atoms with van der Waals surface area (Å²) < 4.78 is 5.48. The molecule has 0 aliphatic heterocycles. The molecule has 0 radical (unpaired) electrons. The highest BCUT2D eigenvalue weighted by atomic mass is 32.1. The van der Waals surface area contributed by atoms with E-state index in [0.29, 0.717) is 25.3 Å². The minimum absolute atomic E-state index is 0.0600. The summed E-state index contributed by atoms with van der Waals surface area (Å²) >= 11 is 1.54. The molecular formula is C24H25N3O2S. The molecule has 1 amide bonds. The molecular weight excluding hydrogens is 394 g/mol. The van der Waals surface area contributed by atoms with E-state index in [-0.39, 0.29) is 12.3 Å². The second-order valence-electron chi connectivity index (χ2n) is 6.90. The van der Waals surface area contributed by atoms with Crippen LogP contribution in [-0.4, -0.2) is 28.9 Å². The van der Waals surface area contributed by atoms with Crippen LogP contribution in [0.5, 0.6) is 5.75 Å². The van der Waals surface area contributed by atoms with Crippen molar-refractivity contribution in [2.75, 3.05) is 13.2 Å². The zero-order chi connectivity index (χ0) is 21.3. The monoisotopic (exact) mass is 419 g/mol. The average Bonchev–Trinajstić information content (AvgIpc) is 3.23. The fourth-order valence-corrected chi connectivity index (χ4v) is 3.94. The van der Waals surface area contributed by atoms with E-state index in [4.69, 9.17) is 10.00 Å². The van der Waals surface area contributed by atoms with Crippen molar-refractivity contribution in [3.63, 3.8) is 0 Å². The average molecular weight is 420 g/mol. The van der Waals surface area contributed by atoms with Gasteiger partial charge in [-0.1, -0.05) is 19.1 Å². The molecule has 0 saturated carbocycles. The lowest BCUT2D eigenvalue weighted by atomic mass is 10.1. The van der Waals surface area contributed by atoms with Crippen molar-refractivity contribution in [1.29, 1.82) is 5.26 Å². The first-order chi connectivity index (χ1) is 14.6. The van der Waals surface area contributed by atoms with E-state index < -0.39 is 0 Å². The minimum Gasteiger partial charge on any atom is -0.494 e. The summed E-state index contributed by atoms with van der Waals surface area (Å²) in [5, 5.41) is 11.8. The number of hydrogen-bond acceptors (Lipinski definition) is 5. The van der Waals surface area contributed by atoms with Gasteiger partial charge in [-0.25, -0.2) is 4.98 Å². The van der Waals surface area contributed by atoms with Crippen molar-refractivity contribution in [3.8, 4) is 22.4 Å². The van der Waals surface area contributed by atoms with Crippen molar-refractivity contribution < 1.29 is 9.53 Å². The molecule has 3 rings (SSSR count). The van der Waals surface area contributed by atoms with Crippen LogP contribution in [-0.2, 0) is 17.8 Å². The number of hydrogen-bond donors (Lipinski definition) is 0. The molecule has 0 bridgehead atoms. The lowest BCUT2D eigenvalue weighted by Gasteiger charge is -2.22. The Labute approximate surface area is 181 Å². The third-order valence-corrected chi connectivity index (χ3v) is 5.54. The molecule has 5 nitrogen and oxygen atoms in total. The van der Waals surface area contributed by atoms with Gasteiger partial charge in [0.1, 0.15) is 10.8 Å². The van der Waals surface area contributed by atoms with E-state index in [1.807, 2.05) is 53.6 Å². The van der Waals surface area contributed by atoms with Gasteiger partial charge >= 0.3 is 0 Å². The molecule has 0 unspecified atom stereocenters. The number of carbonyl (C=O) groups is 1. The molecule has 0 fully saturated rings. The normalized spacial score (nSPS) is 10.4. The van der Waals surface area contributed by atoms with Gasteiger partial charge < -0.3 is 9.64 Å². The number of ether oxygens (including phenoxy) is 1. The lowest BCUT2D eigenvalue weighted by Crippen LogP contribution is -2.32. The molecule has 0 saturated heterocycles. The molecule has 2 aromatic carbocycles. The van der Waals surface area contributed by atoms with Gasteiger partial charge in [0.05, 0.1) is 30.4 Å². The predicted molar refractivity (Wildman–Crippen MR) is 119 cm³/mol. The van der Waals surface area contributed by atoms with E-state index in [1.54, 1.807) is 23.5 Å². The van der Waals surface area contributed by atoms with Gasteiger partial charge in [0.25, 0.3) is 0 Å². The SMILES string of the molecule is CCCN(Cc1ccc(C#N)cc1)C(=O)Cc1csc(-c2ccc(OCC)cc2)n1. The Balaban J connectivity index is 1.66. The van der Waals surface area contributed by atoms with E-state index in [2.05, 4.69) is 18.0 Å². The second-order valence-corrected chi connectivity index (χ2v) is 7.76. The third kappa shape index (κ3) is 5.68. The first kappa shape index (κ1) is 21.5.